The Morgan fingerprint density at radius 2 is 2.04 bits per heavy atom. The number of primary amides is 1. The molecule has 0 spiro atoms. The van der Waals surface area contributed by atoms with E-state index >= 15 is 0 Å². The van der Waals surface area contributed by atoms with E-state index in [1.165, 1.54) is 0 Å². The Morgan fingerprint density at radius 1 is 1.28 bits per heavy atom. The van der Waals surface area contributed by atoms with Crippen LogP contribution in [-0.2, 0) is 4.79 Å². The summed E-state index contributed by atoms with van der Waals surface area (Å²) in [6, 6.07) is 11.0. The van der Waals surface area contributed by atoms with Gasteiger partial charge in [0.15, 0.2) is 0 Å². The predicted molar refractivity (Wildman–Crippen MR) is 93.8 cm³/mol. The van der Waals surface area contributed by atoms with Crippen molar-refractivity contribution in [2.75, 3.05) is 20.1 Å². The maximum absolute atomic E-state index is 12.1. The third kappa shape index (κ3) is 3.71. The van der Waals surface area contributed by atoms with Gasteiger partial charge in [-0.15, -0.1) is 0 Å². The van der Waals surface area contributed by atoms with Crippen LogP contribution in [0.2, 0.25) is 0 Å². The van der Waals surface area contributed by atoms with Gasteiger partial charge in [0, 0.05) is 19.8 Å². The first-order valence-corrected chi connectivity index (χ1v) is 8.45. The summed E-state index contributed by atoms with van der Waals surface area (Å²) in [5.41, 5.74) is 6.99. The smallest absolute Gasteiger partial charge is 0.271 e. The molecule has 1 aliphatic rings. The summed E-state index contributed by atoms with van der Waals surface area (Å²) < 4.78 is 1.82. The first kappa shape index (κ1) is 17.2. The first-order valence-electron chi connectivity index (χ1n) is 8.45. The normalized spacial score (nSPS) is 19.3. The van der Waals surface area contributed by atoms with E-state index < -0.39 is 6.04 Å². The summed E-state index contributed by atoms with van der Waals surface area (Å²) in [4.78, 5) is 25.9. The fourth-order valence-electron chi connectivity index (χ4n) is 3.41. The Morgan fingerprint density at radius 3 is 2.72 bits per heavy atom. The molecule has 25 heavy (non-hydrogen) atoms. The second-order valence-corrected chi connectivity index (χ2v) is 6.27. The third-order valence-electron chi connectivity index (χ3n) is 4.62. The van der Waals surface area contributed by atoms with Crippen molar-refractivity contribution >= 4 is 11.8 Å². The van der Waals surface area contributed by atoms with E-state index in [2.05, 4.69) is 15.3 Å². The largest absolute Gasteiger partial charge is 0.368 e. The maximum atomic E-state index is 12.1. The molecule has 2 unspecified atom stereocenters. The number of carbonyl (C=O) groups excluding carboxylic acids is 2. The summed E-state index contributed by atoms with van der Waals surface area (Å²) in [6.07, 6.45) is 3.71. The average Bonchev–Trinajstić information content (AvgIpc) is 3.12. The van der Waals surface area contributed by atoms with Gasteiger partial charge in [-0.05, 0) is 31.0 Å². The lowest BCUT2D eigenvalue weighted by molar-refractivity contribution is -0.124. The Hall–Kier alpha value is -2.67. The van der Waals surface area contributed by atoms with Crippen molar-refractivity contribution in [2.45, 2.75) is 24.9 Å². The minimum atomic E-state index is -0.446. The highest BCUT2D eigenvalue weighted by Gasteiger charge is 2.31. The molecule has 3 rings (SSSR count). The lowest BCUT2D eigenvalue weighted by Crippen LogP contribution is -2.44. The molecule has 0 saturated carbocycles. The molecule has 1 saturated heterocycles. The quantitative estimate of drug-likeness (QED) is 0.852. The predicted octanol–water partition coefficient (Wildman–Crippen LogP) is 1.11. The highest BCUT2D eigenvalue weighted by molar-refractivity contribution is 5.91. The highest BCUT2D eigenvalue weighted by atomic mass is 16.2. The number of nitrogens with two attached hydrogens (primary N) is 1. The zero-order valence-electron chi connectivity index (χ0n) is 14.3. The number of nitrogens with zero attached hydrogens (tertiary/aromatic N) is 3. The van der Waals surface area contributed by atoms with E-state index in [0.717, 1.165) is 24.9 Å². The zero-order valence-corrected chi connectivity index (χ0v) is 14.3. The molecule has 1 aliphatic heterocycles. The molecule has 2 aromatic rings. The van der Waals surface area contributed by atoms with Gasteiger partial charge in [0.25, 0.3) is 5.91 Å². The van der Waals surface area contributed by atoms with Crippen LogP contribution in [0.15, 0.2) is 42.6 Å². The van der Waals surface area contributed by atoms with Crippen LogP contribution in [0.3, 0.4) is 0 Å². The Balaban J connectivity index is 1.79. The number of nitrogens with one attached hydrogen (secondary N) is 1. The van der Waals surface area contributed by atoms with Gasteiger partial charge in [-0.25, -0.2) is 0 Å². The van der Waals surface area contributed by atoms with Crippen LogP contribution >= 0.6 is 0 Å². The number of hydrogen-bond donors (Lipinski definition) is 2. The minimum Gasteiger partial charge on any atom is -0.368 e. The number of piperidine rings is 1. The second kappa shape index (κ2) is 7.48. The molecule has 1 aromatic carbocycles. The van der Waals surface area contributed by atoms with Crippen molar-refractivity contribution < 1.29 is 9.59 Å². The highest BCUT2D eigenvalue weighted by Crippen LogP contribution is 2.29. The summed E-state index contributed by atoms with van der Waals surface area (Å²) in [5, 5.41) is 6.95. The fourth-order valence-corrected chi connectivity index (χ4v) is 3.41. The molecule has 0 aliphatic carbocycles. The first-order chi connectivity index (χ1) is 12.1. The molecule has 132 valence electrons. The van der Waals surface area contributed by atoms with E-state index in [-0.39, 0.29) is 17.9 Å². The topological polar surface area (TPSA) is 93.3 Å². The number of benzene rings is 1. The molecule has 0 radical (unpaired) electrons. The van der Waals surface area contributed by atoms with Gasteiger partial charge in [-0.1, -0.05) is 30.3 Å². The van der Waals surface area contributed by atoms with Gasteiger partial charge >= 0.3 is 0 Å². The standard InChI is InChI=1S/C18H23N5O2/c1-20-18(25)15-9-11-23(21-15)14-8-5-10-22(12-14)16(17(19)24)13-6-3-2-4-7-13/h2-4,6-7,9,11,14,16H,5,8,10,12H2,1H3,(H2,19,24)(H,20,25). The van der Waals surface area contributed by atoms with Gasteiger partial charge in [0.05, 0.1) is 6.04 Å². The van der Waals surface area contributed by atoms with E-state index in [1.807, 2.05) is 41.2 Å². The van der Waals surface area contributed by atoms with Crippen LogP contribution < -0.4 is 11.1 Å². The molecular weight excluding hydrogens is 318 g/mol. The van der Waals surface area contributed by atoms with Crippen LogP contribution in [0.1, 0.15) is 41.0 Å². The number of carbonyl (C=O) groups is 2. The Kier molecular flexibility index (Phi) is 5.14. The van der Waals surface area contributed by atoms with Crippen molar-refractivity contribution in [3.63, 3.8) is 0 Å². The van der Waals surface area contributed by atoms with Crippen LogP contribution in [-0.4, -0.2) is 46.6 Å². The SMILES string of the molecule is CNC(=O)c1ccn(C2CCCN(C(C(N)=O)c3ccccc3)C2)n1. The van der Waals surface area contributed by atoms with Gasteiger partial charge in [-0.3, -0.25) is 19.2 Å². The molecule has 7 nitrogen and oxygen atoms in total. The van der Waals surface area contributed by atoms with Crippen molar-refractivity contribution in [1.29, 1.82) is 0 Å². The molecule has 2 amide bonds. The number of aromatic nitrogens is 2. The molecule has 2 atom stereocenters. The lowest BCUT2D eigenvalue weighted by Gasteiger charge is -2.37. The maximum Gasteiger partial charge on any atom is 0.271 e. The zero-order chi connectivity index (χ0) is 17.8. The van der Waals surface area contributed by atoms with Crippen LogP contribution in [0.4, 0.5) is 0 Å². The van der Waals surface area contributed by atoms with E-state index in [1.54, 1.807) is 13.1 Å². The van der Waals surface area contributed by atoms with Crippen molar-refractivity contribution in [3.8, 4) is 0 Å². The molecule has 7 heteroatoms. The number of amides is 2. The van der Waals surface area contributed by atoms with Crippen LogP contribution in [0.25, 0.3) is 0 Å². The summed E-state index contributed by atoms with van der Waals surface area (Å²) in [5.74, 6) is -0.552. The fraction of sp³-hybridized carbons (Fsp3) is 0.389. The average molecular weight is 341 g/mol. The molecule has 3 N–H and O–H groups in total. The van der Waals surface area contributed by atoms with Crippen molar-refractivity contribution in [1.82, 2.24) is 20.0 Å². The van der Waals surface area contributed by atoms with Gasteiger partial charge in [0.2, 0.25) is 5.91 Å². The summed E-state index contributed by atoms with van der Waals surface area (Å²) >= 11 is 0. The van der Waals surface area contributed by atoms with Crippen molar-refractivity contribution in [2.24, 2.45) is 5.73 Å². The Labute approximate surface area is 146 Å². The number of hydrogen-bond acceptors (Lipinski definition) is 4. The van der Waals surface area contributed by atoms with Crippen LogP contribution in [0, 0.1) is 0 Å². The van der Waals surface area contributed by atoms with E-state index in [4.69, 9.17) is 5.73 Å². The molecule has 0 bridgehead atoms. The summed E-state index contributed by atoms with van der Waals surface area (Å²) in [7, 11) is 1.58. The Bertz CT molecular complexity index is 743. The van der Waals surface area contributed by atoms with Gasteiger partial charge < -0.3 is 11.1 Å². The number of rotatable bonds is 5. The summed E-state index contributed by atoms with van der Waals surface area (Å²) in [6.45, 7) is 1.47. The van der Waals surface area contributed by atoms with Gasteiger partial charge in [-0.2, -0.15) is 5.10 Å². The molecule has 1 fully saturated rings. The van der Waals surface area contributed by atoms with Crippen LogP contribution in [0.5, 0.6) is 0 Å². The van der Waals surface area contributed by atoms with E-state index in [0.29, 0.717) is 12.2 Å². The minimum absolute atomic E-state index is 0.109. The molecule has 1 aromatic heterocycles. The van der Waals surface area contributed by atoms with E-state index in [9.17, 15) is 9.59 Å². The van der Waals surface area contributed by atoms with Crippen molar-refractivity contribution in [3.05, 3.63) is 53.9 Å². The molecule has 2 heterocycles. The monoisotopic (exact) mass is 341 g/mol. The lowest BCUT2D eigenvalue weighted by atomic mass is 9.99. The third-order valence-corrected chi connectivity index (χ3v) is 4.62. The second-order valence-electron chi connectivity index (χ2n) is 6.27. The molecular formula is C18H23N5O2. The number of likely N-dealkylation sites (tertiary alicyclic amines) is 1. The van der Waals surface area contributed by atoms with Gasteiger partial charge in [0.1, 0.15) is 11.7 Å².